The first-order chi connectivity index (χ1) is 8.19. The smallest absolute Gasteiger partial charge is 0.123 e. The Hall–Kier alpha value is -0.770. The van der Waals surface area contributed by atoms with Crippen molar-refractivity contribution in [1.82, 2.24) is 5.32 Å². The second kappa shape index (κ2) is 5.71. The second-order valence-electron chi connectivity index (χ2n) is 4.64. The minimum absolute atomic E-state index is 0.175. The third-order valence-electron chi connectivity index (χ3n) is 2.94. The molecular weight excluding hydrogens is 238 g/mol. The van der Waals surface area contributed by atoms with Gasteiger partial charge in [0.1, 0.15) is 11.9 Å². The lowest BCUT2D eigenvalue weighted by Gasteiger charge is -2.14. The molecule has 4 heteroatoms. The highest BCUT2D eigenvalue weighted by Gasteiger charge is 2.22. The summed E-state index contributed by atoms with van der Waals surface area (Å²) in [4.78, 5) is 0. The van der Waals surface area contributed by atoms with E-state index >= 15 is 0 Å². The van der Waals surface area contributed by atoms with Crippen LogP contribution in [0.5, 0.6) is 5.75 Å². The normalized spacial score (nSPS) is 19.8. The highest BCUT2D eigenvalue weighted by atomic mass is 35.5. The summed E-state index contributed by atoms with van der Waals surface area (Å²) in [6, 6.07) is 5.74. The molecule has 1 aromatic rings. The third-order valence-corrected chi connectivity index (χ3v) is 3.18. The van der Waals surface area contributed by atoms with Gasteiger partial charge < -0.3 is 15.2 Å². The summed E-state index contributed by atoms with van der Waals surface area (Å²) in [6.07, 6.45) is 1.07. The summed E-state index contributed by atoms with van der Waals surface area (Å²) in [7, 11) is 0. The number of halogens is 1. The van der Waals surface area contributed by atoms with Crippen LogP contribution in [0.25, 0.3) is 0 Å². The van der Waals surface area contributed by atoms with E-state index in [9.17, 15) is 0 Å². The lowest BCUT2D eigenvalue weighted by Crippen LogP contribution is -2.33. The Kier molecular flexibility index (Phi) is 4.26. The second-order valence-corrected chi connectivity index (χ2v) is 5.08. The molecule has 0 bridgehead atoms. The molecule has 0 radical (unpaired) electrons. The lowest BCUT2D eigenvalue weighted by atomic mass is 10.1. The molecule has 0 amide bonds. The Labute approximate surface area is 107 Å². The van der Waals surface area contributed by atoms with Gasteiger partial charge in [-0.05, 0) is 29.7 Å². The molecule has 0 saturated carbocycles. The molecular formula is C13H18ClNO2. The SMILES string of the molecule is CC(CO)CNCC1Cc2cc(Cl)ccc2O1. The fourth-order valence-electron chi connectivity index (χ4n) is 1.96. The van der Waals surface area contributed by atoms with Crippen LogP contribution in [-0.2, 0) is 6.42 Å². The Morgan fingerprint density at radius 2 is 2.41 bits per heavy atom. The number of aliphatic hydroxyl groups is 1. The molecule has 94 valence electrons. The van der Waals surface area contributed by atoms with E-state index in [1.807, 2.05) is 25.1 Å². The number of nitrogens with one attached hydrogen (secondary N) is 1. The van der Waals surface area contributed by atoms with Crippen LogP contribution in [0.1, 0.15) is 12.5 Å². The van der Waals surface area contributed by atoms with Crippen LogP contribution in [0.4, 0.5) is 0 Å². The predicted octanol–water partition coefficient (Wildman–Crippen LogP) is 1.86. The first-order valence-electron chi connectivity index (χ1n) is 5.95. The van der Waals surface area contributed by atoms with Gasteiger partial charge in [-0.15, -0.1) is 0 Å². The molecule has 3 nitrogen and oxygen atoms in total. The summed E-state index contributed by atoms with van der Waals surface area (Å²) in [5.41, 5.74) is 1.18. The summed E-state index contributed by atoms with van der Waals surface area (Å²) in [5, 5.41) is 13.0. The molecule has 1 aliphatic heterocycles. The van der Waals surface area contributed by atoms with Crippen molar-refractivity contribution in [2.24, 2.45) is 5.92 Å². The number of rotatable bonds is 5. The molecule has 1 aliphatic rings. The van der Waals surface area contributed by atoms with Gasteiger partial charge in [-0.25, -0.2) is 0 Å². The average Bonchev–Trinajstić information content (AvgIpc) is 2.70. The molecule has 17 heavy (non-hydrogen) atoms. The Balaban J connectivity index is 1.80. The molecule has 2 rings (SSSR count). The summed E-state index contributed by atoms with van der Waals surface area (Å²) in [5.74, 6) is 1.23. The first kappa shape index (κ1) is 12.7. The van der Waals surface area contributed by atoms with Crippen LogP contribution >= 0.6 is 11.6 Å². The van der Waals surface area contributed by atoms with E-state index in [4.69, 9.17) is 21.4 Å². The fourth-order valence-corrected chi connectivity index (χ4v) is 2.15. The van der Waals surface area contributed by atoms with Crippen LogP contribution < -0.4 is 10.1 Å². The Morgan fingerprint density at radius 3 is 3.18 bits per heavy atom. The summed E-state index contributed by atoms with van der Waals surface area (Å²) >= 11 is 5.94. The summed E-state index contributed by atoms with van der Waals surface area (Å²) < 4.78 is 5.79. The molecule has 2 atom stereocenters. The van der Waals surface area contributed by atoms with Crippen molar-refractivity contribution in [3.8, 4) is 5.75 Å². The van der Waals surface area contributed by atoms with Gasteiger partial charge in [0.15, 0.2) is 0 Å². The minimum atomic E-state index is 0.175. The van der Waals surface area contributed by atoms with E-state index in [0.29, 0.717) is 0 Å². The van der Waals surface area contributed by atoms with Crippen molar-refractivity contribution in [3.05, 3.63) is 28.8 Å². The molecule has 0 fully saturated rings. The zero-order chi connectivity index (χ0) is 12.3. The van der Waals surface area contributed by atoms with Crippen molar-refractivity contribution in [2.75, 3.05) is 19.7 Å². The van der Waals surface area contributed by atoms with Crippen LogP contribution in [-0.4, -0.2) is 30.9 Å². The quantitative estimate of drug-likeness (QED) is 0.844. The number of fused-ring (bicyclic) bond motifs is 1. The van der Waals surface area contributed by atoms with Gasteiger partial charge in [0.2, 0.25) is 0 Å². The van der Waals surface area contributed by atoms with Gasteiger partial charge >= 0.3 is 0 Å². The maximum absolute atomic E-state index is 8.91. The number of hydrogen-bond donors (Lipinski definition) is 2. The van der Waals surface area contributed by atoms with Crippen molar-refractivity contribution in [3.63, 3.8) is 0 Å². The molecule has 0 aromatic heterocycles. The molecule has 2 unspecified atom stereocenters. The van der Waals surface area contributed by atoms with Crippen LogP contribution in [0.15, 0.2) is 18.2 Å². The number of hydrogen-bond acceptors (Lipinski definition) is 3. The minimum Gasteiger partial charge on any atom is -0.488 e. The van der Waals surface area contributed by atoms with Gasteiger partial charge in [0.25, 0.3) is 0 Å². The number of ether oxygens (including phenoxy) is 1. The zero-order valence-corrected chi connectivity index (χ0v) is 10.7. The van der Waals surface area contributed by atoms with E-state index in [-0.39, 0.29) is 18.6 Å². The maximum atomic E-state index is 8.91. The van der Waals surface area contributed by atoms with E-state index in [0.717, 1.165) is 30.3 Å². The first-order valence-corrected chi connectivity index (χ1v) is 6.33. The van der Waals surface area contributed by atoms with E-state index < -0.39 is 0 Å². The van der Waals surface area contributed by atoms with Gasteiger partial charge in [0, 0.05) is 31.1 Å². The van der Waals surface area contributed by atoms with Crippen molar-refractivity contribution in [1.29, 1.82) is 0 Å². The van der Waals surface area contributed by atoms with Crippen molar-refractivity contribution in [2.45, 2.75) is 19.4 Å². The maximum Gasteiger partial charge on any atom is 0.123 e. The number of benzene rings is 1. The van der Waals surface area contributed by atoms with Crippen LogP contribution in [0.2, 0.25) is 5.02 Å². The van der Waals surface area contributed by atoms with E-state index in [1.165, 1.54) is 5.56 Å². The zero-order valence-electron chi connectivity index (χ0n) is 9.95. The Morgan fingerprint density at radius 1 is 1.59 bits per heavy atom. The standard InChI is InChI=1S/C13H18ClNO2/c1-9(8-16)6-15-7-12-5-10-4-11(14)2-3-13(10)17-12/h2-4,9,12,15-16H,5-8H2,1H3. The highest BCUT2D eigenvalue weighted by Crippen LogP contribution is 2.30. The molecule has 0 spiro atoms. The fraction of sp³-hybridized carbons (Fsp3) is 0.538. The predicted molar refractivity (Wildman–Crippen MR) is 68.7 cm³/mol. The van der Waals surface area contributed by atoms with E-state index in [2.05, 4.69) is 5.32 Å². The molecule has 1 heterocycles. The van der Waals surface area contributed by atoms with Gasteiger partial charge in [-0.2, -0.15) is 0 Å². The van der Waals surface area contributed by atoms with Crippen LogP contribution in [0, 0.1) is 5.92 Å². The third kappa shape index (κ3) is 3.35. The molecule has 0 aliphatic carbocycles. The van der Waals surface area contributed by atoms with Crippen molar-refractivity contribution < 1.29 is 9.84 Å². The lowest BCUT2D eigenvalue weighted by molar-refractivity contribution is 0.208. The Bertz CT molecular complexity index is 384. The monoisotopic (exact) mass is 255 g/mol. The van der Waals surface area contributed by atoms with Gasteiger partial charge in [0.05, 0.1) is 0 Å². The highest BCUT2D eigenvalue weighted by molar-refractivity contribution is 6.30. The molecule has 1 aromatic carbocycles. The van der Waals surface area contributed by atoms with Crippen molar-refractivity contribution >= 4 is 11.6 Å². The molecule has 2 N–H and O–H groups in total. The average molecular weight is 256 g/mol. The largest absolute Gasteiger partial charge is 0.488 e. The topological polar surface area (TPSA) is 41.5 Å². The van der Waals surface area contributed by atoms with Crippen LogP contribution in [0.3, 0.4) is 0 Å². The van der Waals surface area contributed by atoms with Gasteiger partial charge in [-0.3, -0.25) is 0 Å². The van der Waals surface area contributed by atoms with Gasteiger partial charge in [-0.1, -0.05) is 18.5 Å². The van der Waals surface area contributed by atoms with E-state index in [1.54, 1.807) is 0 Å². The summed E-state index contributed by atoms with van der Waals surface area (Å²) in [6.45, 7) is 3.84. The number of aliphatic hydroxyl groups excluding tert-OH is 1. The molecule has 0 saturated heterocycles.